The van der Waals surface area contributed by atoms with E-state index in [2.05, 4.69) is 0 Å². The van der Waals surface area contributed by atoms with Crippen molar-refractivity contribution in [1.29, 1.82) is 0 Å². The van der Waals surface area contributed by atoms with Gasteiger partial charge in [0, 0.05) is 6.54 Å². The van der Waals surface area contributed by atoms with E-state index in [0.29, 0.717) is 31.1 Å². The lowest BCUT2D eigenvalue weighted by Crippen LogP contribution is -2.48. The molecule has 1 amide bonds. The lowest BCUT2D eigenvalue weighted by atomic mass is 10.1. The first-order valence-electron chi connectivity index (χ1n) is 5.61. The third kappa shape index (κ3) is 2.60. The number of carbonyl (C=O) groups excluding carboxylic acids is 1. The number of morpholine rings is 1. The van der Waals surface area contributed by atoms with Crippen LogP contribution in [0, 0.1) is 0 Å². The molecule has 0 aromatic heterocycles. The molecule has 1 aromatic carbocycles. The second-order valence-electron chi connectivity index (χ2n) is 3.88. The van der Waals surface area contributed by atoms with E-state index in [1.165, 1.54) is 0 Å². The maximum atomic E-state index is 12.2. The molecule has 2 rings (SSSR count). The summed E-state index contributed by atoms with van der Waals surface area (Å²) in [5, 5.41) is 0.578. The van der Waals surface area contributed by atoms with E-state index in [4.69, 9.17) is 22.1 Å². The Morgan fingerprint density at radius 2 is 2.24 bits per heavy atom. The van der Waals surface area contributed by atoms with Crippen LogP contribution in [0.3, 0.4) is 0 Å². The molecule has 1 atom stereocenters. The van der Waals surface area contributed by atoms with Crippen molar-refractivity contribution < 1.29 is 9.53 Å². The van der Waals surface area contributed by atoms with Crippen LogP contribution in [0.5, 0.6) is 0 Å². The average Bonchev–Trinajstić information content (AvgIpc) is 2.33. The van der Waals surface area contributed by atoms with Crippen molar-refractivity contribution in [3.05, 3.63) is 29.3 Å². The van der Waals surface area contributed by atoms with Crippen molar-refractivity contribution in [2.45, 2.75) is 12.5 Å². The van der Waals surface area contributed by atoms with Crippen LogP contribution in [0.1, 0.15) is 6.42 Å². The number of anilines is 1. The van der Waals surface area contributed by atoms with Gasteiger partial charge in [-0.15, -0.1) is 0 Å². The summed E-state index contributed by atoms with van der Waals surface area (Å²) in [5.41, 5.74) is 6.20. The number of nitrogens with two attached hydrogens (primary N) is 1. The second kappa shape index (κ2) is 5.49. The van der Waals surface area contributed by atoms with Crippen LogP contribution < -0.4 is 10.6 Å². The highest BCUT2D eigenvalue weighted by Crippen LogP contribution is 2.27. The van der Waals surface area contributed by atoms with Crippen LogP contribution in [0.25, 0.3) is 0 Å². The molecule has 1 aromatic rings. The van der Waals surface area contributed by atoms with Crippen molar-refractivity contribution in [2.75, 3.05) is 24.6 Å². The number of rotatable bonds is 3. The van der Waals surface area contributed by atoms with Crippen molar-refractivity contribution in [3.63, 3.8) is 0 Å². The average molecular weight is 255 g/mol. The number of hydrogen-bond donors (Lipinski definition) is 1. The minimum atomic E-state index is -0.440. The molecular weight excluding hydrogens is 240 g/mol. The van der Waals surface area contributed by atoms with Crippen molar-refractivity contribution in [2.24, 2.45) is 5.73 Å². The van der Waals surface area contributed by atoms with Gasteiger partial charge in [0.15, 0.2) is 0 Å². The van der Waals surface area contributed by atoms with Crippen molar-refractivity contribution >= 4 is 23.2 Å². The number of amides is 1. The van der Waals surface area contributed by atoms with E-state index in [1.807, 2.05) is 18.2 Å². The molecule has 0 radical (unpaired) electrons. The monoisotopic (exact) mass is 254 g/mol. The molecule has 2 N–H and O–H groups in total. The zero-order chi connectivity index (χ0) is 12.3. The van der Waals surface area contributed by atoms with E-state index < -0.39 is 6.10 Å². The van der Waals surface area contributed by atoms with Gasteiger partial charge in [-0.3, -0.25) is 4.79 Å². The Balaban J connectivity index is 2.21. The van der Waals surface area contributed by atoms with E-state index in [0.717, 1.165) is 5.69 Å². The molecule has 0 aliphatic carbocycles. The second-order valence-corrected chi connectivity index (χ2v) is 4.29. The fourth-order valence-corrected chi connectivity index (χ4v) is 2.15. The zero-order valence-electron chi connectivity index (χ0n) is 9.43. The highest BCUT2D eigenvalue weighted by atomic mass is 35.5. The fraction of sp³-hybridized carbons (Fsp3) is 0.417. The lowest BCUT2D eigenvalue weighted by Gasteiger charge is -2.32. The number of benzene rings is 1. The van der Waals surface area contributed by atoms with Crippen LogP contribution in [-0.2, 0) is 9.53 Å². The van der Waals surface area contributed by atoms with Crippen LogP contribution in [0.2, 0.25) is 5.02 Å². The smallest absolute Gasteiger partial charge is 0.256 e. The molecule has 5 heteroatoms. The minimum absolute atomic E-state index is 0.0604. The molecule has 0 saturated carbocycles. The SMILES string of the molecule is NCCC1OCCN(c2ccccc2Cl)C1=O. The molecule has 17 heavy (non-hydrogen) atoms. The standard InChI is InChI=1S/C12H15ClN2O2/c13-9-3-1-2-4-10(9)15-7-8-17-11(5-6-14)12(15)16/h1-4,11H,5-8,14H2. The Bertz CT molecular complexity index is 409. The summed E-state index contributed by atoms with van der Waals surface area (Å²) in [6, 6.07) is 7.32. The van der Waals surface area contributed by atoms with Gasteiger partial charge < -0.3 is 15.4 Å². The highest BCUT2D eigenvalue weighted by Gasteiger charge is 2.30. The maximum absolute atomic E-state index is 12.2. The number of hydrogen-bond acceptors (Lipinski definition) is 3. The number of halogens is 1. The molecule has 4 nitrogen and oxygen atoms in total. The minimum Gasteiger partial charge on any atom is -0.366 e. The van der Waals surface area contributed by atoms with Crippen molar-refractivity contribution in [1.82, 2.24) is 0 Å². The van der Waals surface area contributed by atoms with Gasteiger partial charge in [0.25, 0.3) is 5.91 Å². The molecule has 1 fully saturated rings. The Hall–Kier alpha value is -1.10. The number of carbonyl (C=O) groups is 1. The Kier molecular flexibility index (Phi) is 3.99. The van der Waals surface area contributed by atoms with Gasteiger partial charge in [-0.2, -0.15) is 0 Å². The summed E-state index contributed by atoms with van der Waals surface area (Å²) in [6.07, 6.45) is 0.102. The van der Waals surface area contributed by atoms with Gasteiger partial charge in [-0.25, -0.2) is 0 Å². The number of nitrogens with zero attached hydrogens (tertiary/aromatic N) is 1. The topological polar surface area (TPSA) is 55.6 Å². The van der Waals surface area contributed by atoms with Gasteiger partial charge in [0.05, 0.1) is 17.3 Å². The van der Waals surface area contributed by atoms with E-state index in [1.54, 1.807) is 11.0 Å². The van der Waals surface area contributed by atoms with Crippen LogP contribution in [-0.4, -0.2) is 31.7 Å². The summed E-state index contributed by atoms with van der Waals surface area (Å²) >= 11 is 6.09. The molecule has 92 valence electrons. The molecule has 1 aliphatic rings. The molecule has 0 spiro atoms. The highest BCUT2D eigenvalue weighted by molar-refractivity contribution is 6.33. The lowest BCUT2D eigenvalue weighted by molar-refractivity contribution is -0.134. The van der Waals surface area contributed by atoms with E-state index in [-0.39, 0.29) is 5.91 Å². The fourth-order valence-electron chi connectivity index (χ4n) is 1.91. The summed E-state index contributed by atoms with van der Waals surface area (Å²) in [4.78, 5) is 13.8. The normalized spacial score (nSPS) is 20.7. The predicted octanol–water partition coefficient (Wildman–Crippen LogP) is 1.42. The van der Waals surface area contributed by atoms with E-state index in [9.17, 15) is 4.79 Å². The third-order valence-electron chi connectivity index (χ3n) is 2.75. The van der Waals surface area contributed by atoms with Gasteiger partial charge in [-0.05, 0) is 25.1 Å². The molecule has 1 aliphatic heterocycles. The number of para-hydroxylation sites is 1. The van der Waals surface area contributed by atoms with Crippen LogP contribution in [0.4, 0.5) is 5.69 Å². The summed E-state index contributed by atoms with van der Waals surface area (Å²) in [6.45, 7) is 1.48. The van der Waals surface area contributed by atoms with Crippen LogP contribution >= 0.6 is 11.6 Å². The van der Waals surface area contributed by atoms with Gasteiger partial charge in [0.2, 0.25) is 0 Å². The number of ether oxygens (including phenoxy) is 1. The molecule has 1 heterocycles. The first-order chi connectivity index (χ1) is 8.24. The summed E-state index contributed by atoms with van der Waals surface area (Å²) in [7, 11) is 0. The third-order valence-corrected chi connectivity index (χ3v) is 3.07. The van der Waals surface area contributed by atoms with Gasteiger partial charge in [0.1, 0.15) is 6.10 Å². The van der Waals surface area contributed by atoms with E-state index >= 15 is 0 Å². The molecule has 1 unspecified atom stereocenters. The zero-order valence-corrected chi connectivity index (χ0v) is 10.2. The molecule has 0 bridgehead atoms. The molecule has 1 saturated heterocycles. The van der Waals surface area contributed by atoms with Gasteiger partial charge in [-0.1, -0.05) is 23.7 Å². The predicted molar refractivity (Wildman–Crippen MR) is 67.2 cm³/mol. The maximum Gasteiger partial charge on any atom is 0.256 e. The van der Waals surface area contributed by atoms with Crippen molar-refractivity contribution in [3.8, 4) is 0 Å². The summed E-state index contributed by atoms with van der Waals surface area (Å²) < 4.78 is 5.41. The Morgan fingerprint density at radius 1 is 1.47 bits per heavy atom. The summed E-state index contributed by atoms with van der Waals surface area (Å²) in [5.74, 6) is -0.0604. The Morgan fingerprint density at radius 3 is 2.94 bits per heavy atom. The molecular formula is C12H15ClN2O2. The first-order valence-corrected chi connectivity index (χ1v) is 5.99. The Labute approximate surface area is 105 Å². The first kappa shape index (κ1) is 12.4. The largest absolute Gasteiger partial charge is 0.366 e. The van der Waals surface area contributed by atoms with Crippen LogP contribution in [0.15, 0.2) is 24.3 Å². The van der Waals surface area contributed by atoms with Gasteiger partial charge >= 0.3 is 0 Å². The quantitative estimate of drug-likeness (QED) is 0.888.